The van der Waals surface area contributed by atoms with Crippen molar-refractivity contribution in [1.29, 1.82) is 0 Å². The van der Waals surface area contributed by atoms with Crippen LogP contribution in [0.5, 0.6) is 0 Å². The molecule has 0 aromatic carbocycles. The highest BCUT2D eigenvalue weighted by Crippen LogP contribution is 2.35. The molecule has 1 rings (SSSR count). The Morgan fingerprint density at radius 2 is 1.83 bits per heavy atom. The van der Waals surface area contributed by atoms with E-state index in [1.165, 1.54) is 4.90 Å². The molecule has 1 aliphatic heterocycles. The third-order valence-electron chi connectivity index (χ3n) is 3.81. The van der Waals surface area contributed by atoms with Crippen molar-refractivity contribution in [3.8, 4) is 0 Å². The quantitative estimate of drug-likeness (QED) is 0.533. The average molecular weight is 318 g/mol. The van der Waals surface area contributed by atoms with Gasteiger partial charge in [-0.3, -0.25) is 14.5 Å². The number of hydrogen-bond donors (Lipinski definition) is 0. The molecule has 1 fully saturated rings. The molecule has 2 amide bonds. The van der Waals surface area contributed by atoms with E-state index in [4.69, 9.17) is 0 Å². The van der Waals surface area contributed by atoms with E-state index < -0.39 is 0 Å². The van der Waals surface area contributed by atoms with Crippen molar-refractivity contribution in [3.05, 3.63) is 0 Å². The van der Waals surface area contributed by atoms with Crippen molar-refractivity contribution >= 4 is 27.7 Å². The minimum Gasteiger partial charge on any atom is -0.282 e. The number of carbonyl (C=O) groups excluding carboxylic acids is 2. The fourth-order valence-electron chi connectivity index (χ4n) is 2.87. The zero-order valence-corrected chi connectivity index (χ0v) is 13.3. The molecule has 0 saturated carbocycles. The number of rotatable bonds is 7. The van der Waals surface area contributed by atoms with E-state index >= 15 is 0 Å². The third kappa shape index (κ3) is 3.34. The Morgan fingerprint density at radius 3 is 2.17 bits per heavy atom. The smallest absolute Gasteiger partial charge is 0.232 e. The van der Waals surface area contributed by atoms with Gasteiger partial charge in [0.2, 0.25) is 11.8 Å². The monoisotopic (exact) mass is 317 g/mol. The molecule has 0 spiro atoms. The summed E-state index contributed by atoms with van der Waals surface area (Å²) in [5.41, 5.74) is 0.0544. The third-order valence-corrected chi connectivity index (χ3v) is 5.00. The fraction of sp³-hybridized carbons (Fsp3) is 0.857. The molecule has 0 aromatic heterocycles. The predicted octanol–water partition coefficient (Wildman–Crippen LogP) is 3.36. The highest BCUT2D eigenvalue weighted by atomic mass is 79.9. The highest BCUT2D eigenvalue weighted by molar-refractivity contribution is 9.09. The standard InChI is InChI=1S/C14H24BrNO2/c1-4-6-14(9-15,7-5-2)10-16-12(17)8-11(3)13(16)18/h11H,4-10H2,1-3H3. The van der Waals surface area contributed by atoms with Crippen LogP contribution in [0.3, 0.4) is 0 Å². The first-order valence-electron chi connectivity index (χ1n) is 6.90. The van der Waals surface area contributed by atoms with Crippen LogP contribution in [0.1, 0.15) is 52.9 Å². The van der Waals surface area contributed by atoms with Gasteiger partial charge in [-0.25, -0.2) is 0 Å². The van der Waals surface area contributed by atoms with Crippen molar-refractivity contribution in [2.75, 3.05) is 11.9 Å². The molecule has 0 radical (unpaired) electrons. The van der Waals surface area contributed by atoms with Crippen molar-refractivity contribution in [1.82, 2.24) is 4.90 Å². The molecule has 104 valence electrons. The van der Waals surface area contributed by atoms with Crippen molar-refractivity contribution in [2.24, 2.45) is 11.3 Å². The SMILES string of the molecule is CCCC(CBr)(CCC)CN1C(=O)CC(C)C1=O. The Morgan fingerprint density at radius 1 is 1.28 bits per heavy atom. The summed E-state index contributed by atoms with van der Waals surface area (Å²) in [5, 5.41) is 0.854. The van der Waals surface area contributed by atoms with Crippen molar-refractivity contribution in [2.45, 2.75) is 52.9 Å². The van der Waals surface area contributed by atoms with E-state index in [1.807, 2.05) is 6.92 Å². The summed E-state index contributed by atoms with van der Waals surface area (Å²) in [5.74, 6) is -0.114. The summed E-state index contributed by atoms with van der Waals surface area (Å²) in [7, 11) is 0. The molecule has 1 atom stereocenters. The van der Waals surface area contributed by atoms with Crippen LogP contribution < -0.4 is 0 Å². The minimum absolute atomic E-state index is 0.00466. The van der Waals surface area contributed by atoms with Crippen LogP contribution in [0.2, 0.25) is 0 Å². The van der Waals surface area contributed by atoms with Gasteiger partial charge in [-0.15, -0.1) is 0 Å². The fourth-order valence-corrected chi connectivity index (χ4v) is 3.61. The van der Waals surface area contributed by atoms with Crippen LogP contribution in [0, 0.1) is 11.3 Å². The van der Waals surface area contributed by atoms with E-state index in [-0.39, 0.29) is 23.1 Å². The van der Waals surface area contributed by atoms with Gasteiger partial charge in [0.1, 0.15) is 0 Å². The molecule has 4 heteroatoms. The predicted molar refractivity (Wildman–Crippen MR) is 76.5 cm³/mol. The number of amides is 2. The lowest BCUT2D eigenvalue weighted by Gasteiger charge is -2.35. The highest BCUT2D eigenvalue weighted by Gasteiger charge is 2.40. The van der Waals surface area contributed by atoms with Gasteiger partial charge >= 0.3 is 0 Å². The van der Waals surface area contributed by atoms with Gasteiger partial charge in [0.25, 0.3) is 0 Å². The lowest BCUT2D eigenvalue weighted by molar-refractivity contribution is -0.141. The molecule has 0 aliphatic carbocycles. The molecule has 18 heavy (non-hydrogen) atoms. The van der Waals surface area contributed by atoms with Gasteiger partial charge in [-0.2, -0.15) is 0 Å². The Labute approximate surface area is 118 Å². The molecule has 1 aliphatic rings. The van der Waals surface area contributed by atoms with E-state index in [0.29, 0.717) is 13.0 Å². The number of nitrogens with zero attached hydrogens (tertiary/aromatic N) is 1. The normalized spacial score (nSPS) is 20.9. The maximum atomic E-state index is 12.0. The van der Waals surface area contributed by atoms with Gasteiger partial charge < -0.3 is 0 Å². The molecule has 1 heterocycles. The van der Waals surface area contributed by atoms with E-state index in [0.717, 1.165) is 31.0 Å². The van der Waals surface area contributed by atoms with Crippen molar-refractivity contribution in [3.63, 3.8) is 0 Å². The molecule has 3 nitrogen and oxygen atoms in total. The number of halogens is 1. The second-order valence-electron chi connectivity index (χ2n) is 5.56. The van der Waals surface area contributed by atoms with Crippen LogP contribution in [0.25, 0.3) is 0 Å². The number of carbonyl (C=O) groups is 2. The van der Waals surface area contributed by atoms with Crippen LogP contribution in [-0.4, -0.2) is 28.6 Å². The zero-order valence-electron chi connectivity index (χ0n) is 11.7. The summed E-state index contributed by atoms with van der Waals surface area (Å²) >= 11 is 3.59. The van der Waals surface area contributed by atoms with E-state index in [2.05, 4.69) is 29.8 Å². The Kier molecular flexibility index (Phi) is 5.83. The van der Waals surface area contributed by atoms with Crippen LogP contribution in [-0.2, 0) is 9.59 Å². The van der Waals surface area contributed by atoms with E-state index in [1.54, 1.807) is 0 Å². The zero-order chi connectivity index (χ0) is 13.8. The van der Waals surface area contributed by atoms with Gasteiger partial charge in [0.05, 0.1) is 0 Å². The number of likely N-dealkylation sites (tertiary alicyclic amines) is 1. The molecular formula is C14H24BrNO2. The first-order chi connectivity index (χ1) is 8.49. The Hall–Kier alpha value is -0.380. The molecule has 0 N–H and O–H groups in total. The Bertz CT molecular complexity index is 311. The summed E-state index contributed by atoms with van der Waals surface area (Å²) in [6.07, 6.45) is 4.65. The molecule has 0 bridgehead atoms. The molecule has 1 unspecified atom stereocenters. The first kappa shape index (κ1) is 15.7. The summed E-state index contributed by atoms with van der Waals surface area (Å²) in [6, 6.07) is 0. The number of alkyl halides is 1. The average Bonchev–Trinajstić information content (AvgIpc) is 2.56. The van der Waals surface area contributed by atoms with E-state index in [9.17, 15) is 9.59 Å². The maximum Gasteiger partial charge on any atom is 0.232 e. The second-order valence-corrected chi connectivity index (χ2v) is 6.12. The lowest BCUT2D eigenvalue weighted by atomic mass is 9.80. The molecule has 0 aromatic rings. The van der Waals surface area contributed by atoms with Gasteiger partial charge in [-0.1, -0.05) is 49.5 Å². The second kappa shape index (κ2) is 6.69. The minimum atomic E-state index is -0.131. The lowest BCUT2D eigenvalue weighted by Crippen LogP contribution is -2.42. The van der Waals surface area contributed by atoms with Gasteiger partial charge in [0, 0.05) is 24.2 Å². The van der Waals surface area contributed by atoms with Gasteiger partial charge in [-0.05, 0) is 18.3 Å². The van der Waals surface area contributed by atoms with Crippen molar-refractivity contribution < 1.29 is 9.59 Å². The summed E-state index contributed by atoms with van der Waals surface area (Å²) in [6.45, 7) is 6.74. The maximum absolute atomic E-state index is 12.0. The topological polar surface area (TPSA) is 37.4 Å². The summed E-state index contributed by atoms with van der Waals surface area (Å²) in [4.78, 5) is 25.4. The molecule has 1 saturated heterocycles. The first-order valence-corrected chi connectivity index (χ1v) is 8.02. The van der Waals surface area contributed by atoms with Gasteiger partial charge in [0.15, 0.2) is 0 Å². The number of imide groups is 1. The summed E-state index contributed by atoms with van der Waals surface area (Å²) < 4.78 is 0. The largest absolute Gasteiger partial charge is 0.282 e. The van der Waals surface area contributed by atoms with Crippen LogP contribution >= 0.6 is 15.9 Å². The van der Waals surface area contributed by atoms with Crippen LogP contribution in [0.4, 0.5) is 0 Å². The number of hydrogen-bond acceptors (Lipinski definition) is 2. The molecular weight excluding hydrogens is 294 g/mol. The van der Waals surface area contributed by atoms with Crippen LogP contribution in [0.15, 0.2) is 0 Å². The Balaban J connectivity index is 2.82.